The van der Waals surface area contributed by atoms with Gasteiger partial charge in [0.25, 0.3) is 0 Å². The quantitative estimate of drug-likeness (QED) is 0.466. The van der Waals surface area contributed by atoms with Gasteiger partial charge in [-0.25, -0.2) is 0 Å². The van der Waals surface area contributed by atoms with Gasteiger partial charge in [0.1, 0.15) is 5.76 Å². The Balaban J connectivity index is 2.10. The number of rotatable bonds is 3. The van der Waals surface area contributed by atoms with E-state index in [-0.39, 0.29) is 5.78 Å². The zero-order chi connectivity index (χ0) is 13.0. The van der Waals surface area contributed by atoms with Crippen molar-refractivity contribution in [3.8, 4) is 0 Å². The molecule has 0 aromatic carbocycles. The first-order valence-corrected chi connectivity index (χ1v) is 5.86. The Hall–Kier alpha value is -2.10. The minimum Gasteiger partial charge on any atom is -0.465 e. The van der Waals surface area contributed by atoms with E-state index < -0.39 is 0 Å². The van der Waals surface area contributed by atoms with Crippen LogP contribution in [0.3, 0.4) is 0 Å². The second kappa shape index (κ2) is 5.49. The van der Waals surface area contributed by atoms with E-state index in [0.717, 1.165) is 29.7 Å². The first-order valence-electron chi connectivity index (χ1n) is 5.86. The van der Waals surface area contributed by atoms with Gasteiger partial charge in [0, 0.05) is 31.5 Å². The number of Topliss-reactive ketones (excluding diaryl/α,β-unsaturated/α-hetero) is 1. The molecular weight excluding hydrogens is 228 g/mol. The predicted octanol–water partition coefficient (Wildman–Crippen LogP) is 2.50. The van der Waals surface area contributed by atoms with Crippen molar-refractivity contribution < 1.29 is 9.21 Å². The Bertz CT molecular complexity index is 508. The Labute approximate surface area is 106 Å². The van der Waals surface area contributed by atoms with E-state index in [0.29, 0.717) is 0 Å². The molecule has 4 nitrogen and oxygen atoms in total. The molecule has 1 heterocycles. The minimum atomic E-state index is 0.0941. The Morgan fingerprint density at radius 3 is 2.78 bits per heavy atom. The Kier molecular flexibility index (Phi) is 3.77. The van der Waals surface area contributed by atoms with Gasteiger partial charge in [0.2, 0.25) is 0 Å². The van der Waals surface area contributed by atoms with E-state index in [1.807, 2.05) is 32.3 Å². The molecule has 2 rings (SSSR count). The van der Waals surface area contributed by atoms with Crippen molar-refractivity contribution in [1.29, 1.82) is 0 Å². The van der Waals surface area contributed by atoms with Gasteiger partial charge < -0.3 is 9.43 Å². The third-order valence-corrected chi connectivity index (χ3v) is 2.68. The fourth-order valence-electron chi connectivity index (χ4n) is 1.80. The highest BCUT2D eigenvalue weighted by Gasteiger charge is 2.22. The lowest BCUT2D eigenvalue weighted by Crippen LogP contribution is -2.01. The summed E-state index contributed by atoms with van der Waals surface area (Å²) in [6, 6.07) is 3.65. The zero-order valence-electron chi connectivity index (χ0n) is 10.6. The molecule has 94 valence electrons. The van der Waals surface area contributed by atoms with Gasteiger partial charge in [-0.3, -0.25) is 4.79 Å². The number of carbonyl (C=O) groups is 1. The summed E-state index contributed by atoms with van der Waals surface area (Å²) < 4.78 is 5.21. The van der Waals surface area contributed by atoms with Crippen molar-refractivity contribution in [2.75, 3.05) is 14.1 Å². The van der Waals surface area contributed by atoms with Crippen LogP contribution in [0.5, 0.6) is 0 Å². The van der Waals surface area contributed by atoms with Crippen LogP contribution in [0.15, 0.2) is 45.1 Å². The number of allylic oxidation sites excluding steroid dienone is 3. The number of furan rings is 1. The van der Waals surface area contributed by atoms with Crippen molar-refractivity contribution in [2.24, 2.45) is 5.10 Å². The van der Waals surface area contributed by atoms with Gasteiger partial charge in [-0.15, -0.1) is 0 Å². The maximum atomic E-state index is 12.1. The van der Waals surface area contributed by atoms with E-state index in [1.165, 1.54) is 0 Å². The van der Waals surface area contributed by atoms with Gasteiger partial charge in [-0.2, -0.15) is 5.10 Å². The largest absolute Gasteiger partial charge is 0.465 e. The molecule has 0 unspecified atom stereocenters. The topological polar surface area (TPSA) is 45.8 Å². The Morgan fingerprint density at radius 2 is 2.11 bits per heavy atom. The third-order valence-electron chi connectivity index (χ3n) is 2.68. The number of ketones is 1. The summed E-state index contributed by atoms with van der Waals surface area (Å²) in [6.07, 6.45) is 8.39. The second-order valence-corrected chi connectivity index (χ2v) is 4.32. The lowest BCUT2D eigenvalue weighted by molar-refractivity contribution is -0.111. The van der Waals surface area contributed by atoms with E-state index in [4.69, 9.17) is 4.42 Å². The molecule has 18 heavy (non-hydrogen) atoms. The SMILES string of the molecule is CN(C)N=CC=C1CCC(=Cc2ccco2)C1=O. The van der Waals surface area contributed by atoms with Crippen LogP contribution in [0, 0.1) is 0 Å². The predicted molar refractivity (Wildman–Crippen MR) is 71.2 cm³/mol. The van der Waals surface area contributed by atoms with Gasteiger partial charge in [-0.1, -0.05) is 0 Å². The molecule has 1 fully saturated rings. The highest BCUT2D eigenvalue weighted by atomic mass is 16.3. The molecule has 1 aromatic heterocycles. The van der Waals surface area contributed by atoms with Crippen LogP contribution in [-0.2, 0) is 4.79 Å². The molecule has 0 atom stereocenters. The normalized spacial score (nSPS) is 20.4. The van der Waals surface area contributed by atoms with Gasteiger partial charge >= 0.3 is 0 Å². The molecule has 0 N–H and O–H groups in total. The zero-order valence-corrected chi connectivity index (χ0v) is 10.6. The lowest BCUT2D eigenvalue weighted by atomic mass is 10.1. The van der Waals surface area contributed by atoms with E-state index >= 15 is 0 Å². The van der Waals surface area contributed by atoms with Crippen molar-refractivity contribution in [3.63, 3.8) is 0 Å². The van der Waals surface area contributed by atoms with Crippen LogP contribution in [-0.4, -0.2) is 31.1 Å². The summed E-state index contributed by atoms with van der Waals surface area (Å²) >= 11 is 0. The summed E-state index contributed by atoms with van der Waals surface area (Å²) in [5, 5.41) is 5.76. The van der Waals surface area contributed by atoms with E-state index in [9.17, 15) is 4.79 Å². The summed E-state index contributed by atoms with van der Waals surface area (Å²) in [6.45, 7) is 0. The van der Waals surface area contributed by atoms with Gasteiger partial charge in [-0.05, 0) is 37.1 Å². The molecular formula is C14H16N2O2. The van der Waals surface area contributed by atoms with Crippen molar-refractivity contribution >= 4 is 18.1 Å². The van der Waals surface area contributed by atoms with Gasteiger partial charge in [0.15, 0.2) is 5.78 Å². The summed E-state index contributed by atoms with van der Waals surface area (Å²) in [5.41, 5.74) is 1.60. The summed E-state index contributed by atoms with van der Waals surface area (Å²) in [4.78, 5) is 12.1. The second-order valence-electron chi connectivity index (χ2n) is 4.32. The first-order chi connectivity index (χ1) is 8.66. The Morgan fingerprint density at radius 1 is 1.33 bits per heavy atom. The van der Waals surface area contributed by atoms with Crippen molar-refractivity contribution in [2.45, 2.75) is 12.8 Å². The summed E-state index contributed by atoms with van der Waals surface area (Å²) in [7, 11) is 3.68. The first kappa shape index (κ1) is 12.4. The molecule has 1 aliphatic rings. The minimum absolute atomic E-state index is 0.0941. The molecule has 0 amide bonds. The standard InChI is InChI=1S/C14H16N2O2/c1-16(2)15-8-7-11-5-6-12(14(11)17)10-13-4-3-9-18-13/h3-4,7-10H,5-6H2,1-2H3. The number of hydrogen-bond acceptors (Lipinski definition) is 4. The van der Waals surface area contributed by atoms with Crippen molar-refractivity contribution in [3.05, 3.63) is 41.4 Å². The van der Waals surface area contributed by atoms with Crippen LogP contribution >= 0.6 is 0 Å². The van der Waals surface area contributed by atoms with Crippen LogP contribution in [0.4, 0.5) is 0 Å². The molecule has 1 aliphatic carbocycles. The molecule has 0 radical (unpaired) electrons. The van der Waals surface area contributed by atoms with Crippen LogP contribution in [0.1, 0.15) is 18.6 Å². The van der Waals surface area contributed by atoms with Crippen LogP contribution < -0.4 is 0 Å². The highest BCUT2D eigenvalue weighted by Crippen LogP contribution is 2.27. The number of nitrogens with zero attached hydrogens (tertiary/aromatic N) is 2. The van der Waals surface area contributed by atoms with Crippen molar-refractivity contribution in [1.82, 2.24) is 5.01 Å². The monoisotopic (exact) mass is 244 g/mol. The van der Waals surface area contributed by atoms with E-state index in [1.54, 1.807) is 23.6 Å². The molecule has 4 heteroatoms. The maximum Gasteiger partial charge on any atom is 0.185 e. The fraction of sp³-hybridized carbons (Fsp3) is 0.286. The molecule has 0 spiro atoms. The third kappa shape index (κ3) is 2.97. The molecule has 0 saturated heterocycles. The summed E-state index contributed by atoms with van der Waals surface area (Å²) in [5.74, 6) is 0.818. The number of hydrogen-bond donors (Lipinski definition) is 0. The van der Waals surface area contributed by atoms with Gasteiger partial charge in [0.05, 0.1) is 6.26 Å². The number of carbonyl (C=O) groups excluding carboxylic acids is 1. The lowest BCUT2D eigenvalue weighted by Gasteiger charge is -2.00. The molecule has 0 bridgehead atoms. The fourth-order valence-corrected chi connectivity index (χ4v) is 1.80. The average molecular weight is 244 g/mol. The molecule has 0 aliphatic heterocycles. The van der Waals surface area contributed by atoms with Crippen LogP contribution in [0.2, 0.25) is 0 Å². The average Bonchev–Trinajstić information content (AvgIpc) is 2.93. The van der Waals surface area contributed by atoms with Crippen LogP contribution in [0.25, 0.3) is 6.08 Å². The molecule has 1 aromatic rings. The molecule has 1 saturated carbocycles. The maximum absolute atomic E-state index is 12.1. The smallest absolute Gasteiger partial charge is 0.185 e. The highest BCUT2D eigenvalue weighted by molar-refractivity contribution is 6.14. The number of hydrazone groups is 1. The van der Waals surface area contributed by atoms with E-state index in [2.05, 4.69) is 5.10 Å².